The quantitative estimate of drug-likeness (QED) is 0.775. The first kappa shape index (κ1) is 13.0. The number of hydrogen-bond donors (Lipinski definition) is 1. The molecular formula is C11H19NO4. The molecule has 0 aromatic heterocycles. The number of rotatable bonds is 3. The summed E-state index contributed by atoms with van der Waals surface area (Å²) >= 11 is 0. The molecule has 1 saturated heterocycles. The van der Waals surface area contributed by atoms with Crippen LogP contribution in [0.4, 0.5) is 0 Å². The zero-order valence-electron chi connectivity index (χ0n) is 10.0. The topological polar surface area (TPSA) is 66.8 Å². The standard InChI is InChI=1S/C11H19NO4/c1-8(16-3)9(13)12-6-4-11(2,5-7-12)10(14)15/h8H,4-7H2,1-3H3,(H,14,15). The fraction of sp³-hybridized carbons (Fsp3) is 0.818. The van der Waals surface area contributed by atoms with Crippen LogP contribution < -0.4 is 0 Å². The maximum Gasteiger partial charge on any atom is 0.309 e. The number of carboxylic acids is 1. The predicted molar refractivity (Wildman–Crippen MR) is 58.0 cm³/mol. The second kappa shape index (κ2) is 4.82. The molecule has 16 heavy (non-hydrogen) atoms. The van der Waals surface area contributed by atoms with Gasteiger partial charge in [-0.15, -0.1) is 0 Å². The Kier molecular flexibility index (Phi) is 3.91. The molecular weight excluding hydrogens is 210 g/mol. The molecule has 0 aromatic carbocycles. The smallest absolute Gasteiger partial charge is 0.309 e. The summed E-state index contributed by atoms with van der Waals surface area (Å²) in [5.41, 5.74) is -0.687. The molecule has 0 radical (unpaired) electrons. The van der Waals surface area contributed by atoms with E-state index in [1.807, 2.05) is 0 Å². The normalized spacial score (nSPS) is 21.6. The van der Waals surface area contributed by atoms with Crippen LogP contribution in [0.1, 0.15) is 26.7 Å². The van der Waals surface area contributed by atoms with Gasteiger partial charge >= 0.3 is 5.97 Å². The molecule has 92 valence electrons. The van der Waals surface area contributed by atoms with Crippen LogP contribution in [0, 0.1) is 5.41 Å². The minimum atomic E-state index is -0.778. The molecule has 0 spiro atoms. The van der Waals surface area contributed by atoms with Gasteiger partial charge in [0.15, 0.2) is 0 Å². The van der Waals surface area contributed by atoms with Crippen molar-refractivity contribution < 1.29 is 19.4 Å². The lowest BCUT2D eigenvalue weighted by molar-refractivity contribution is -0.155. The molecule has 5 heteroatoms. The first-order chi connectivity index (χ1) is 7.40. The summed E-state index contributed by atoms with van der Waals surface area (Å²) in [5, 5.41) is 9.05. The number of piperidine rings is 1. The summed E-state index contributed by atoms with van der Waals surface area (Å²) in [6.45, 7) is 4.43. The number of carbonyl (C=O) groups is 2. The Morgan fingerprint density at radius 1 is 1.38 bits per heavy atom. The minimum Gasteiger partial charge on any atom is -0.481 e. The highest BCUT2D eigenvalue weighted by Gasteiger charge is 2.38. The number of carbonyl (C=O) groups excluding carboxylic acids is 1. The van der Waals surface area contributed by atoms with Gasteiger partial charge in [-0.2, -0.15) is 0 Å². The molecule has 0 bridgehead atoms. The van der Waals surface area contributed by atoms with Crippen molar-refractivity contribution in [1.29, 1.82) is 0 Å². The van der Waals surface area contributed by atoms with Gasteiger partial charge in [0.2, 0.25) is 0 Å². The van der Waals surface area contributed by atoms with Crippen LogP contribution in [-0.4, -0.2) is 48.2 Å². The number of amides is 1. The molecule has 1 amide bonds. The van der Waals surface area contributed by atoms with Crippen LogP contribution in [0.15, 0.2) is 0 Å². The second-order valence-corrected chi connectivity index (χ2v) is 4.57. The minimum absolute atomic E-state index is 0.0602. The molecule has 0 aromatic rings. The van der Waals surface area contributed by atoms with E-state index in [4.69, 9.17) is 9.84 Å². The monoisotopic (exact) mass is 229 g/mol. The average molecular weight is 229 g/mol. The fourth-order valence-corrected chi connectivity index (χ4v) is 1.79. The van der Waals surface area contributed by atoms with Crippen LogP contribution in [-0.2, 0) is 14.3 Å². The predicted octanol–water partition coefficient (Wildman–Crippen LogP) is 0.735. The van der Waals surface area contributed by atoms with E-state index in [0.29, 0.717) is 25.9 Å². The Balaban J connectivity index is 2.55. The van der Waals surface area contributed by atoms with Crippen molar-refractivity contribution >= 4 is 11.9 Å². The summed E-state index contributed by atoms with van der Waals surface area (Å²) in [4.78, 5) is 24.5. The van der Waals surface area contributed by atoms with Gasteiger partial charge in [0.05, 0.1) is 5.41 Å². The molecule has 1 unspecified atom stereocenters. The number of carboxylic acid groups (broad SMARTS) is 1. The van der Waals surface area contributed by atoms with E-state index in [2.05, 4.69) is 0 Å². The van der Waals surface area contributed by atoms with E-state index in [0.717, 1.165) is 0 Å². The van der Waals surface area contributed by atoms with Crippen molar-refractivity contribution in [3.05, 3.63) is 0 Å². The molecule has 1 atom stereocenters. The lowest BCUT2D eigenvalue weighted by atomic mass is 9.80. The molecule has 1 heterocycles. The Morgan fingerprint density at radius 2 is 1.88 bits per heavy atom. The van der Waals surface area contributed by atoms with Crippen molar-refractivity contribution in [2.24, 2.45) is 5.41 Å². The maximum absolute atomic E-state index is 11.8. The Morgan fingerprint density at radius 3 is 2.25 bits per heavy atom. The maximum atomic E-state index is 11.8. The zero-order valence-corrected chi connectivity index (χ0v) is 10.0. The van der Waals surface area contributed by atoms with Gasteiger partial charge in [-0.25, -0.2) is 0 Å². The zero-order chi connectivity index (χ0) is 12.3. The van der Waals surface area contributed by atoms with E-state index in [1.165, 1.54) is 7.11 Å². The van der Waals surface area contributed by atoms with Crippen LogP contribution >= 0.6 is 0 Å². The second-order valence-electron chi connectivity index (χ2n) is 4.57. The van der Waals surface area contributed by atoms with Crippen molar-refractivity contribution in [3.8, 4) is 0 Å². The van der Waals surface area contributed by atoms with Gasteiger partial charge in [-0.3, -0.25) is 9.59 Å². The Hall–Kier alpha value is -1.10. The summed E-state index contributed by atoms with van der Waals surface area (Å²) in [7, 11) is 1.49. The van der Waals surface area contributed by atoms with Crippen molar-refractivity contribution in [2.45, 2.75) is 32.8 Å². The van der Waals surface area contributed by atoms with Gasteiger partial charge in [0, 0.05) is 20.2 Å². The lowest BCUT2D eigenvalue weighted by Gasteiger charge is -2.37. The van der Waals surface area contributed by atoms with Crippen LogP contribution in [0.2, 0.25) is 0 Å². The third-order valence-corrected chi connectivity index (χ3v) is 3.40. The number of aliphatic carboxylic acids is 1. The Bertz CT molecular complexity index is 282. The first-order valence-electron chi connectivity index (χ1n) is 5.46. The molecule has 0 aliphatic carbocycles. The summed E-state index contributed by atoms with van der Waals surface area (Å²) in [6.07, 6.45) is 0.559. The Labute approximate surface area is 95.4 Å². The fourth-order valence-electron chi connectivity index (χ4n) is 1.79. The highest BCUT2D eigenvalue weighted by Crippen LogP contribution is 2.31. The van der Waals surface area contributed by atoms with E-state index in [1.54, 1.807) is 18.7 Å². The van der Waals surface area contributed by atoms with E-state index >= 15 is 0 Å². The van der Waals surface area contributed by atoms with Crippen LogP contribution in [0.25, 0.3) is 0 Å². The summed E-state index contributed by atoms with van der Waals surface area (Å²) in [6, 6.07) is 0. The van der Waals surface area contributed by atoms with Gasteiger partial charge in [-0.1, -0.05) is 0 Å². The van der Waals surface area contributed by atoms with Crippen molar-refractivity contribution in [3.63, 3.8) is 0 Å². The van der Waals surface area contributed by atoms with Crippen LogP contribution in [0.5, 0.6) is 0 Å². The van der Waals surface area contributed by atoms with E-state index in [9.17, 15) is 9.59 Å². The lowest BCUT2D eigenvalue weighted by Crippen LogP contribution is -2.48. The van der Waals surface area contributed by atoms with Gasteiger partial charge in [0.25, 0.3) is 5.91 Å². The molecule has 1 rings (SSSR count). The number of likely N-dealkylation sites (tertiary alicyclic amines) is 1. The average Bonchev–Trinajstić information content (AvgIpc) is 2.28. The third-order valence-electron chi connectivity index (χ3n) is 3.40. The summed E-state index contributed by atoms with van der Waals surface area (Å²) in [5.74, 6) is -0.839. The van der Waals surface area contributed by atoms with E-state index < -0.39 is 17.5 Å². The molecule has 1 aliphatic rings. The first-order valence-corrected chi connectivity index (χ1v) is 5.46. The van der Waals surface area contributed by atoms with Crippen molar-refractivity contribution in [2.75, 3.05) is 20.2 Å². The summed E-state index contributed by atoms with van der Waals surface area (Å²) < 4.78 is 4.96. The molecule has 1 N–H and O–H groups in total. The third kappa shape index (κ3) is 2.52. The SMILES string of the molecule is COC(C)C(=O)N1CCC(C)(C(=O)O)CC1. The van der Waals surface area contributed by atoms with Gasteiger partial charge < -0.3 is 14.7 Å². The highest BCUT2D eigenvalue weighted by molar-refractivity contribution is 5.81. The molecule has 1 fully saturated rings. The number of methoxy groups -OCH3 is 1. The van der Waals surface area contributed by atoms with Crippen molar-refractivity contribution in [1.82, 2.24) is 4.90 Å². The van der Waals surface area contributed by atoms with E-state index in [-0.39, 0.29) is 5.91 Å². The largest absolute Gasteiger partial charge is 0.481 e. The van der Waals surface area contributed by atoms with Gasteiger partial charge in [0.1, 0.15) is 6.10 Å². The molecule has 5 nitrogen and oxygen atoms in total. The van der Waals surface area contributed by atoms with Crippen LogP contribution in [0.3, 0.4) is 0 Å². The van der Waals surface area contributed by atoms with Gasteiger partial charge in [-0.05, 0) is 26.7 Å². The molecule has 1 aliphatic heterocycles. The number of hydrogen-bond acceptors (Lipinski definition) is 3. The number of nitrogens with zero attached hydrogens (tertiary/aromatic N) is 1. The highest BCUT2D eigenvalue weighted by atomic mass is 16.5. The molecule has 0 saturated carbocycles. The number of ether oxygens (including phenoxy) is 1.